The van der Waals surface area contributed by atoms with E-state index in [4.69, 9.17) is 4.74 Å². The predicted octanol–water partition coefficient (Wildman–Crippen LogP) is 3.98. The van der Waals surface area contributed by atoms with Crippen LogP contribution < -0.4 is 10.1 Å². The minimum Gasteiger partial charge on any atom is -0.488 e. The Kier molecular flexibility index (Phi) is 4.79. The summed E-state index contributed by atoms with van der Waals surface area (Å²) in [4.78, 5) is 0. The molecule has 1 aromatic rings. The minimum atomic E-state index is -2.45. The topological polar surface area (TPSA) is 21.3 Å². The maximum absolute atomic E-state index is 12.0. The van der Waals surface area contributed by atoms with Gasteiger partial charge in [-0.25, -0.2) is 8.78 Å². The highest BCUT2D eigenvalue weighted by Crippen LogP contribution is 2.26. The lowest BCUT2D eigenvalue weighted by atomic mass is 10.1. The van der Waals surface area contributed by atoms with Crippen molar-refractivity contribution in [1.29, 1.82) is 0 Å². The maximum atomic E-state index is 12.0. The van der Waals surface area contributed by atoms with Gasteiger partial charge in [0.1, 0.15) is 12.4 Å². The summed E-state index contributed by atoms with van der Waals surface area (Å²) in [6.07, 6.45) is 0.595. The highest BCUT2D eigenvalue weighted by atomic mass is 127. The number of hydrogen-bond donors (Lipinski definition) is 1. The molecule has 0 aromatic heterocycles. The van der Waals surface area contributed by atoms with Gasteiger partial charge in [0.05, 0.1) is 3.92 Å². The van der Waals surface area contributed by atoms with Gasteiger partial charge in [0, 0.05) is 11.4 Å². The van der Waals surface area contributed by atoms with Crippen LogP contribution >= 0.6 is 22.6 Å². The maximum Gasteiger partial charge on any atom is 0.272 e. The minimum absolute atomic E-state index is 0.398. The molecule has 2 rings (SSSR count). The highest BCUT2D eigenvalue weighted by Gasteiger charge is 2.15. The van der Waals surface area contributed by atoms with Crippen molar-refractivity contribution < 1.29 is 13.5 Å². The van der Waals surface area contributed by atoms with Crippen LogP contribution in [0.3, 0.4) is 0 Å². The van der Waals surface area contributed by atoms with Crippen molar-refractivity contribution in [2.45, 2.75) is 16.8 Å². The van der Waals surface area contributed by atoms with E-state index in [1.54, 1.807) is 12.1 Å². The summed E-state index contributed by atoms with van der Waals surface area (Å²) in [6, 6.07) is 7.08. The van der Waals surface area contributed by atoms with E-state index in [-0.39, 0.29) is 0 Å². The van der Waals surface area contributed by atoms with Crippen LogP contribution in [0, 0.1) is 0 Å². The number of nitrogens with one attached hydrogen (secondary N) is 1. The second-order valence-corrected chi connectivity index (χ2v) is 5.70. The molecule has 0 saturated carbocycles. The monoisotopic (exact) mass is 377 g/mol. The molecule has 0 saturated heterocycles. The molecular formula is C14H14F2INO. The molecule has 1 N–H and O–H groups in total. The van der Waals surface area contributed by atoms with Gasteiger partial charge < -0.3 is 10.1 Å². The highest BCUT2D eigenvalue weighted by molar-refractivity contribution is 14.1. The average molecular weight is 377 g/mol. The largest absolute Gasteiger partial charge is 0.488 e. The molecule has 19 heavy (non-hydrogen) atoms. The normalized spacial score (nSPS) is 19.1. The van der Waals surface area contributed by atoms with E-state index in [0.717, 1.165) is 23.4 Å². The van der Waals surface area contributed by atoms with Crippen molar-refractivity contribution in [2.24, 2.45) is 0 Å². The number of allylic oxidation sites excluding steroid dienone is 2. The van der Waals surface area contributed by atoms with Crippen molar-refractivity contribution in [3.05, 3.63) is 48.2 Å². The smallest absolute Gasteiger partial charge is 0.272 e. The Balaban J connectivity index is 2.04. The average Bonchev–Trinajstić information content (AvgIpc) is 2.40. The summed E-state index contributed by atoms with van der Waals surface area (Å²) in [5, 5.41) is 3.25. The molecule has 2 nitrogen and oxygen atoms in total. The second kappa shape index (κ2) is 6.36. The lowest BCUT2D eigenvalue weighted by Gasteiger charge is -2.22. The van der Waals surface area contributed by atoms with Crippen LogP contribution in [0.25, 0.3) is 5.70 Å². The molecule has 0 fully saturated rings. The Labute approximate surface area is 124 Å². The lowest BCUT2D eigenvalue weighted by molar-refractivity contribution is 0.0819. The second-order valence-electron chi connectivity index (χ2n) is 4.20. The Bertz CT molecular complexity index is 485. The molecule has 0 amide bonds. The van der Waals surface area contributed by atoms with Crippen LogP contribution in [0.4, 0.5) is 8.78 Å². The first-order valence-corrected chi connectivity index (χ1v) is 7.12. The van der Waals surface area contributed by atoms with Crippen LogP contribution in [0.2, 0.25) is 0 Å². The van der Waals surface area contributed by atoms with Crippen molar-refractivity contribution in [2.75, 3.05) is 6.61 Å². The summed E-state index contributed by atoms with van der Waals surface area (Å²) >= 11 is 2.34. The fraction of sp³-hybridized carbons (Fsp3) is 0.286. The summed E-state index contributed by atoms with van der Waals surface area (Å²) in [7, 11) is 0. The summed E-state index contributed by atoms with van der Waals surface area (Å²) in [5.74, 6) is 0.450. The molecule has 0 bridgehead atoms. The van der Waals surface area contributed by atoms with E-state index in [0.29, 0.717) is 9.67 Å². The third-order valence-electron chi connectivity index (χ3n) is 2.74. The van der Waals surface area contributed by atoms with Gasteiger partial charge in [-0.1, -0.05) is 35.2 Å². The standard InChI is InChI=1S/C14H14F2INO/c1-9-12(17)6-7-13(18-9)10-2-4-11(5-3-10)19-8-14(15)16/h2-5,7,12,14,18H,1,6,8H2. The lowest BCUT2D eigenvalue weighted by Crippen LogP contribution is -2.22. The molecule has 0 spiro atoms. The first-order valence-electron chi connectivity index (χ1n) is 5.87. The molecule has 5 heteroatoms. The zero-order valence-electron chi connectivity index (χ0n) is 10.2. The van der Waals surface area contributed by atoms with Crippen molar-refractivity contribution in [3.63, 3.8) is 0 Å². The van der Waals surface area contributed by atoms with Crippen LogP contribution in [0.15, 0.2) is 42.6 Å². The van der Waals surface area contributed by atoms with E-state index in [1.165, 1.54) is 0 Å². The van der Waals surface area contributed by atoms with E-state index in [9.17, 15) is 8.78 Å². The first-order chi connectivity index (χ1) is 9.06. The zero-order valence-corrected chi connectivity index (χ0v) is 12.4. The molecule has 0 aliphatic carbocycles. The van der Waals surface area contributed by atoms with E-state index in [1.807, 2.05) is 12.1 Å². The van der Waals surface area contributed by atoms with E-state index < -0.39 is 13.0 Å². The molecule has 1 aromatic carbocycles. The Hall–Kier alpha value is -1.11. The van der Waals surface area contributed by atoms with Crippen LogP contribution in [-0.4, -0.2) is 17.0 Å². The number of ether oxygens (including phenoxy) is 1. The SMILES string of the molecule is C=C1NC(c2ccc(OCC(F)F)cc2)=CCC1I. The molecule has 0 radical (unpaired) electrons. The van der Waals surface area contributed by atoms with Crippen molar-refractivity contribution >= 4 is 28.3 Å². The number of alkyl halides is 3. The number of benzene rings is 1. The summed E-state index contributed by atoms with van der Waals surface area (Å²) in [5.41, 5.74) is 2.98. The van der Waals surface area contributed by atoms with Gasteiger partial charge in [-0.2, -0.15) is 0 Å². The molecule has 1 heterocycles. The first kappa shape index (κ1) is 14.3. The van der Waals surface area contributed by atoms with Gasteiger partial charge in [-0.05, 0) is 36.2 Å². The van der Waals surface area contributed by atoms with Gasteiger partial charge in [-0.15, -0.1) is 0 Å². The molecular weight excluding hydrogens is 363 g/mol. The van der Waals surface area contributed by atoms with Crippen LogP contribution in [-0.2, 0) is 0 Å². The fourth-order valence-electron chi connectivity index (χ4n) is 1.75. The quantitative estimate of drug-likeness (QED) is 0.633. The number of rotatable bonds is 4. The Morgan fingerprint density at radius 1 is 1.37 bits per heavy atom. The Morgan fingerprint density at radius 2 is 2.05 bits per heavy atom. The van der Waals surface area contributed by atoms with Gasteiger partial charge in [0.25, 0.3) is 6.43 Å². The van der Waals surface area contributed by atoms with Crippen LogP contribution in [0.1, 0.15) is 12.0 Å². The van der Waals surface area contributed by atoms with E-state index >= 15 is 0 Å². The summed E-state index contributed by atoms with van der Waals surface area (Å²) in [6.45, 7) is 3.39. The molecule has 1 aliphatic heterocycles. The molecule has 1 aliphatic rings. The van der Waals surface area contributed by atoms with Gasteiger partial charge >= 0.3 is 0 Å². The van der Waals surface area contributed by atoms with Gasteiger partial charge in [0.2, 0.25) is 0 Å². The third-order valence-corrected chi connectivity index (χ3v) is 4.00. The Morgan fingerprint density at radius 3 is 2.63 bits per heavy atom. The van der Waals surface area contributed by atoms with Crippen LogP contribution in [0.5, 0.6) is 5.75 Å². The van der Waals surface area contributed by atoms with Gasteiger partial charge in [0.15, 0.2) is 0 Å². The molecule has 1 atom stereocenters. The zero-order chi connectivity index (χ0) is 13.8. The number of halogens is 3. The van der Waals surface area contributed by atoms with Crippen molar-refractivity contribution in [3.8, 4) is 5.75 Å². The number of hydrogen-bond acceptors (Lipinski definition) is 2. The van der Waals surface area contributed by atoms with Gasteiger partial charge in [-0.3, -0.25) is 0 Å². The molecule has 1 unspecified atom stereocenters. The third kappa shape index (κ3) is 3.92. The fourth-order valence-corrected chi connectivity index (χ4v) is 2.16. The van der Waals surface area contributed by atoms with Crippen molar-refractivity contribution in [1.82, 2.24) is 5.32 Å². The summed E-state index contributed by atoms with van der Waals surface area (Å²) < 4.78 is 29.4. The van der Waals surface area contributed by atoms with E-state index in [2.05, 4.69) is 40.6 Å². The molecule has 102 valence electrons. The predicted molar refractivity (Wildman–Crippen MR) is 80.6 cm³/mol.